The Kier molecular flexibility index (Phi) is 3.90. The first-order chi connectivity index (χ1) is 9.10. The Bertz CT molecular complexity index is 594. The van der Waals surface area contributed by atoms with Gasteiger partial charge < -0.3 is 5.32 Å². The molecular weight excluding hydrogens is 248 g/mol. The van der Waals surface area contributed by atoms with Crippen LogP contribution >= 0.6 is 0 Å². The van der Waals surface area contributed by atoms with Gasteiger partial charge in [0.15, 0.2) is 0 Å². The molecule has 2 nitrogen and oxygen atoms in total. The number of hydrogen-bond acceptors (Lipinski definition) is 1. The summed E-state index contributed by atoms with van der Waals surface area (Å²) in [5.41, 5.74) is 1.54. The lowest BCUT2D eigenvalue weighted by molar-refractivity contribution is 0.102. The molecule has 1 amide bonds. The quantitative estimate of drug-likeness (QED) is 0.895. The van der Waals surface area contributed by atoms with Crippen LogP contribution in [0.3, 0.4) is 0 Å². The van der Waals surface area contributed by atoms with Gasteiger partial charge in [0.05, 0.1) is 5.56 Å². The van der Waals surface area contributed by atoms with Gasteiger partial charge in [-0.2, -0.15) is 0 Å². The standard InChI is InChI=1S/C15H13F2NO/c1-2-10-3-6-12(7-4-10)18-15(19)13-8-5-11(16)9-14(13)17/h3-9H,2H2,1H3,(H,18,19). The van der Waals surface area contributed by atoms with Crippen molar-refractivity contribution in [2.75, 3.05) is 5.32 Å². The van der Waals surface area contributed by atoms with Crippen molar-refractivity contribution in [3.05, 3.63) is 65.2 Å². The molecule has 0 aliphatic rings. The summed E-state index contributed by atoms with van der Waals surface area (Å²) in [5.74, 6) is -2.18. The number of nitrogens with one attached hydrogen (secondary N) is 1. The minimum Gasteiger partial charge on any atom is -0.322 e. The van der Waals surface area contributed by atoms with E-state index in [-0.39, 0.29) is 5.56 Å². The second-order valence-electron chi connectivity index (χ2n) is 4.13. The van der Waals surface area contributed by atoms with Gasteiger partial charge in [0.1, 0.15) is 11.6 Å². The summed E-state index contributed by atoms with van der Waals surface area (Å²) >= 11 is 0. The first-order valence-electron chi connectivity index (χ1n) is 5.95. The third-order valence-electron chi connectivity index (χ3n) is 2.80. The molecule has 2 aromatic carbocycles. The molecule has 0 unspecified atom stereocenters. The van der Waals surface area contributed by atoms with E-state index in [1.807, 2.05) is 19.1 Å². The van der Waals surface area contributed by atoms with E-state index in [0.717, 1.165) is 24.1 Å². The van der Waals surface area contributed by atoms with Crippen molar-refractivity contribution in [3.8, 4) is 0 Å². The molecule has 0 bridgehead atoms. The Morgan fingerprint density at radius 1 is 1.11 bits per heavy atom. The predicted molar refractivity (Wildman–Crippen MR) is 70.1 cm³/mol. The molecule has 98 valence electrons. The van der Waals surface area contributed by atoms with Gasteiger partial charge in [0.2, 0.25) is 0 Å². The lowest BCUT2D eigenvalue weighted by atomic mass is 10.1. The van der Waals surface area contributed by atoms with Crippen LogP contribution in [0.15, 0.2) is 42.5 Å². The maximum absolute atomic E-state index is 13.4. The van der Waals surface area contributed by atoms with Crippen LogP contribution in [-0.2, 0) is 6.42 Å². The third kappa shape index (κ3) is 3.16. The molecule has 19 heavy (non-hydrogen) atoms. The highest BCUT2D eigenvalue weighted by molar-refractivity contribution is 6.04. The number of benzene rings is 2. The molecule has 0 spiro atoms. The van der Waals surface area contributed by atoms with Gasteiger partial charge >= 0.3 is 0 Å². The highest BCUT2D eigenvalue weighted by atomic mass is 19.1. The fourth-order valence-electron chi connectivity index (χ4n) is 1.70. The maximum atomic E-state index is 13.4. The zero-order valence-corrected chi connectivity index (χ0v) is 10.4. The number of carbonyl (C=O) groups is 1. The van der Waals surface area contributed by atoms with Gasteiger partial charge in [0.25, 0.3) is 5.91 Å². The van der Waals surface area contributed by atoms with E-state index in [1.54, 1.807) is 12.1 Å². The van der Waals surface area contributed by atoms with Gasteiger partial charge in [-0.05, 0) is 36.2 Å². The monoisotopic (exact) mass is 261 g/mol. The predicted octanol–water partition coefficient (Wildman–Crippen LogP) is 3.78. The van der Waals surface area contributed by atoms with E-state index in [1.165, 1.54) is 0 Å². The summed E-state index contributed by atoms with van der Waals surface area (Å²) in [5, 5.41) is 2.57. The molecule has 0 radical (unpaired) electrons. The summed E-state index contributed by atoms with van der Waals surface area (Å²) in [4.78, 5) is 11.8. The van der Waals surface area contributed by atoms with Crippen molar-refractivity contribution in [1.82, 2.24) is 0 Å². The molecule has 0 saturated heterocycles. The highest BCUT2D eigenvalue weighted by Gasteiger charge is 2.12. The molecule has 0 aliphatic carbocycles. The third-order valence-corrected chi connectivity index (χ3v) is 2.80. The highest BCUT2D eigenvalue weighted by Crippen LogP contribution is 2.14. The summed E-state index contributed by atoms with van der Waals surface area (Å²) in [6.45, 7) is 2.03. The number of halogens is 2. The van der Waals surface area contributed by atoms with E-state index >= 15 is 0 Å². The number of anilines is 1. The van der Waals surface area contributed by atoms with Crippen molar-refractivity contribution in [3.63, 3.8) is 0 Å². The number of rotatable bonds is 3. The Labute approximate surface area is 110 Å². The Hall–Kier alpha value is -2.23. The van der Waals surface area contributed by atoms with E-state index < -0.39 is 17.5 Å². The van der Waals surface area contributed by atoms with E-state index in [9.17, 15) is 13.6 Å². The smallest absolute Gasteiger partial charge is 0.258 e. The molecule has 0 atom stereocenters. The molecule has 0 fully saturated rings. The SMILES string of the molecule is CCc1ccc(NC(=O)c2ccc(F)cc2F)cc1. The van der Waals surface area contributed by atoms with Crippen LogP contribution in [0.1, 0.15) is 22.8 Å². The summed E-state index contributed by atoms with van der Waals surface area (Å²) in [7, 11) is 0. The van der Waals surface area contributed by atoms with Crippen molar-refractivity contribution in [1.29, 1.82) is 0 Å². The van der Waals surface area contributed by atoms with Crippen molar-refractivity contribution >= 4 is 11.6 Å². The number of hydrogen-bond donors (Lipinski definition) is 1. The van der Waals surface area contributed by atoms with Crippen LogP contribution in [0.5, 0.6) is 0 Å². The normalized spacial score (nSPS) is 10.3. The van der Waals surface area contributed by atoms with E-state index in [4.69, 9.17) is 0 Å². The molecule has 0 heterocycles. The second-order valence-corrected chi connectivity index (χ2v) is 4.13. The van der Waals surface area contributed by atoms with Crippen LogP contribution in [0.2, 0.25) is 0 Å². The van der Waals surface area contributed by atoms with Gasteiger partial charge in [-0.3, -0.25) is 4.79 Å². The Morgan fingerprint density at radius 3 is 2.37 bits per heavy atom. The minimum atomic E-state index is -0.873. The van der Waals surface area contributed by atoms with Crippen LogP contribution in [0, 0.1) is 11.6 Å². The lowest BCUT2D eigenvalue weighted by Gasteiger charge is -2.07. The van der Waals surface area contributed by atoms with Crippen LogP contribution in [0.4, 0.5) is 14.5 Å². The first kappa shape index (κ1) is 13.2. The van der Waals surface area contributed by atoms with Crippen LogP contribution in [-0.4, -0.2) is 5.91 Å². The molecule has 0 aliphatic heterocycles. The van der Waals surface area contributed by atoms with Crippen LogP contribution in [0.25, 0.3) is 0 Å². The largest absolute Gasteiger partial charge is 0.322 e. The minimum absolute atomic E-state index is 0.180. The molecular formula is C15H13F2NO. The van der Waals surface area contributed by atoms with E-state index in [0.29, 0.717) is 11.8 Å². The molecule has 2 rings (SSSR count). The van der Waals surface area contributed by atoms with Gasteiger partial charge in [-0.1, -0.05) is 19.1 Å². The first-order valence-corrected chi connectivity index (χ1v) is 5.95. The fourth-order valence-corrected chi connectivity index (χ4v) is 1.70. The Morgan fingerprint density at radius 2 is 1.79 bits per heavy atom. The zero-order valence-electron chi connectivity index (χ0n) is 10.4. The van der Waals surface area contributed by atoms with Gasteiger partial charge in [-0.25, -0.2) is 8.78 Å². The fraction of sp³-hybridized carbons (Fsp3) is 0.133. The van der Waals surface area contributed by atoms with Crippen molar-refractivity contribution in [2.24, 2.45) is 0 Å². The number of carbonyl (C=O) groups excluding carboxylic acids is 1. The average Bonchev–Trinajstić information content (AvgIpc) is 2.39. The number of amides is 1. The average molecular weight is 261 g/mol. The van der Waals surface area contributed by atoms with E-state index in [2.05, 4.69) is 5.32 Å². The summed E-state index contributed by atoms with van der Waals surface area (Å²) in [6, 6.07) is 10.1. The maximum Gasteiger partial charge on any atom is 0.258 e. The van der Waals surface area contributed by atoms with Gasteiger partial charge in [0, 0.05) is 11.8 Å². The second kappa shape index (κ2) is 5.61. The van der Waals surface area contributed by atoms with Gasteiger partial charge in [-0.15, -0.1) is 0 Å². The summed E-state index contributed by atoms with van der Waals surface area (Å²) < 4.78 is 26.2. The molecule has 2 aromatic rings. The summed E-state index contributed by atoms with van der Waals surface area (Å²) in [6.07, 6.45) is 0.904. The molecule has 1 N–H and O–H groups in total. The molecule has 0 saturated carbocycles. The Balaban J connectivity index is 2.15. The van der Waals surface area contributed by atoms with Crippen molar-refractivity contribution < 1.29 is 13.6 Å². The van der Waals surface area contributed by atoms with Crippen LogP contribution < -0.4 is 5.32 Å². The zero-order chi connectivity index (χ0) is 13.8. The molecule has 4 heteroatoms. The topological polar surface area (TPSA) is 29.1 Å². The lowest BCUT2D eigenvalue weighted by Crippen LogP contribution is -2.13. The number of aryl methyl sites for hydroxylation is 1. The molecule has 0 aromatic heterocycles. The van der Waals surface area contributed by atoms with Crippen molar-refractivity contribution in [2.45, 2.75) is 13.3 Å².